The molecule has 3 aliphatic rings. The lowest BCUT2D eigenvalue weighted by Gasteiger charge is -2.51. The minimum atomic E-state index is 0.365. The number of aryl methyl sites for hydroxylation is 1. The van der Waals surface area contributed by atoms with Gasteiger partial charge in [-0.2, -0.15) is 0 Å². The molecule has 0 aliphatic heterocycles. The Balaban J connectivity index is 1.60. The standard InChI is InChI=1S/C23H30O/c1-4-14-24-18-8-10-19-16(15-18)6-9-21-20(19)12-13-23(3)17(5-2)7-11-22(21)23/h1,8,10,15,17,20-22H,5-7,9,11-14H2,2-3H3/t17-,20+,21+,22-,23+/m0/s1. The number of rotatable bonds is 3. The average molecular weight is 322 g/mol. The highest BCUT2D eigenvalue weighted by atomic mass is 16.5. The molecule has 4 rings (SSSR count). The van der Waals surface area contributed by atoms with E-state index in [1.54, 1.807) is 5.56 Å². The second kappa shape index (κ2) is 6.14. The van der Waals surface area contributed by atoms with Crippen LogP contribution in [0.2, 0.25) is 0 Å². The zero-order valence-electron chi connectivity index (χ0n) is 15.2. The van der Waals surface area contributed by atoms with Crippen molar-refractivity contribution in [2.75, 3.05) is 6.61 Å². The zero-order chi connectivity index (χ0) is 16.7. The lowest BCUT2D eigenvalue weighted by molar-refractivity contribution is 0.0273. The summed E-state index contributed by atoms with van der Waals surface area (Å²) in [6.07, 6.45) is 15.0. The fraction of sp³-hybridized carbons (Fsp3) is 0.652. The summed E-state index contributed by atoms with van der Waals surface area (Å²) in [5.74, 6) is 7.10. The summed E-state index contributed by atoms with van der Waals surface area (Å²) in [6.45, 7) is 5.38. The lowest BCUT2D eigenvalue weighted by Crippen LogP contribution is -2.42. The van der Waals surface area contributed by atoms with Gasteiger partial charge in [0.1, 0.15) is 12.4 Å². The van der Waals surface area contributed by atoms with Gasteiger partial charge in [-0.3, -0.25) is 0 Å². The van der Waals surface area contributed by atoms with E-state index in [1.165, 1.54) is 50.5 Å². The maximum atomic E-state index is 5.64. The van der Waals surface area contributed by atoms with Gasteiger partial charge >= 0.3 is 0 Å². The van der Waals surface area contributed by atoms with Gasteiger partial charge in [0, 0.05) is 0 Å². The van der Waals surface area contributed by atoms with E-state index in [0.717, 1.165) is 29.4 Å². The molecule has 0 aromatic heterocycles. The molecule has 24 heavy (non-hydrogen) atoms. The summed E-state index contributed by atoms with van der Waals surface area (Å²) in [5, 5.41) is 0. The first kappa shape index (κ1) is 16.1. The highest BCUT2D eigenvalue weighted by Gasteiger charge is 2.53. The largest absolute Gasteiger partial charge is 0.481 e. The first-order chi connectivity index (χ1) is 11.7. The van der Waals surface area contributed by atoms with E-state index >= 15 is 0 Å². The van der Waals surface area contributed by atoms with Crippen molar-refractivity contribution in [3.8, 4) is 18.1 Å². The van der Waals surface area contributed by atoms with Crippen molar-refractivity contribution < 1.29 is 4.74 Å². The summed E-state index contributed by atoms with van der Waals surface area (Å²) >= 11 is 0. The van der Waals surface area contributed by atoms with Crippen molar-refractivity contribution in [1.29, 1.82) is 0 Å². The van der Waals surface area contributed by atoms with E-state index in [1.807, 2.05) is 0 Å². The Bertz CT molecular complexity index is 654. The topological polar surface area (TPSA) is 9.23 Å². The van der Waals surface area contributed by atoms with Crippen molar-refractivity contribution in [2.45, 2.75) is 64.7 Å². The maximum absolute atomic E-state index is 5.64. The van der Waals surface area contributed by atoms with Gasteiger partial charge in [0.05, 0.1) is 0 Å². The molecule has 1 aromatic rings. The van der Waals surface area contributed by atoms with E-state index < -0.39 is 0 Å². The van der Waals surface area contributed by atoms with Crippen LogP contribution in [-0.2, 0) is 6.42 Å². The highest BCUT2D eigenvalue weighted by Crippen LogP contribution is 2.63. The van der Waals surface area contributed by atoms with Crippen LogP contribution < -0.4 is 4.74 Å². The minimum Gasteiger partial charge on any atom is -0.481 e. The van der Waals surface area contributed by atoms with Crippen LogP contribution in [-0.4, -0.2) is 6.61 Å². The van der Waals surface area contributed by atoms with Crippen molar-refractivity contribution in [2.24, 2.45) is 23.2 Å². The summed E-state index contributed by atoms with van der Waals surface area (Å²) in [4.78, 5) is 0. The van der Waals surface area contributed by atoms with Crippen LogP contribution >= 0.6 is 0 Å². The molecule has 2 fully saturated rings. The lowest BCUT2D eigenvalue weighted by atomic mass is 9.54. The molecular weight excluding hydrogens is 292 g/mol. The molecule has 1 heteroatoms. The molecule has 0 amide bonds. The predicted octanol–water partition coefficient (Wildman–Crippen LogP) is 5.58. The molecule has 0 heterocycles. The fourth-order valence-corrected chi connectivity index (χ4v) is 6.55. The summed E-state index contributed by atoms with van der Waals surface area (Å²) < 4.78 is 5.64. The van der Waals surface area contributed by atoms with E-state index in [-0.39, 0.29) is 0 Å². The van der Waals surface area contributed by atoms with Gasteiger partial charge in [0.25, 0.3) is 0 Å². The normalized spacial score (nSPS) is 37.0. The Morgan fingerprint density at radius 3 is 2.92 bits per heavy atom. The first-order valence-electron chi connectivity index (χ1n) is 9.86. The minimum absolute atomic E-state index is 0.365. The number of hydrogen-bond donors (Lipinski definition) is 0. The van der Waals surface area contributed by atoms with Crippen LogP contribution in [0.1, 0.15) is 69.4 Å². The van der Waals surface area contributed by atoms with Gasteiger partial charge in [-0.25, -0.2) is 0 Å². The van der Waals surface area contributed by atoms with Gasteiger partial charge in [0.15, 0.2) is 0 Å². The first-order valence-corrected chi connectivity index (χ1v) is 9.86. The van der Waals surface area contributed by atoms with Crippen LogP contribution in [0.25, 0.3) is 0 Å². The Kier molecular flexibility index (Phi) is 4.11. The molecule has 0 unspecified atom stereocenters. The van der Waals surface area contributed by atoms with E-state index in [2.05, 4.69) is 38.0 Å². The van der Waals surface area contributed by atoms with Gasteiger partial charge in [-0.15, -0.1) is 6.42 Å². The van der Waals surface area contributed by atoms with Crippen LogP contribution in [0.15, 0.2) is 18.2 Å². The monoisotopic (exact) mass is 322 g/mol. The van der Waals surface area contributed by atoms with Crippen LogP contribution in [0.5, 0.6) is 5.75 Å². The molecular formula is C23H30O. The highest BCUT2D eigenvalue weighted by molar-refractivity contribution is 5.40. The second-order valence-corrected chi connectivity index (χ2v) is 8.50. The molecule has 0 N–H and O–H groups in total. The van der Waals surface area contributed by atoms with Gasteiger partial charge in [-0.1, -0.05) is 32.3 Å². The maximum Gasteiger partial charge on any atom is 0.148 e. The van der Waals surface area contributed by atoms with Gasteiger partial charge in [0.2, 0.25) is 0 Å². The molecule has 1 aromatic carbocycles. The predicted molar refractivity (Wildman–Crippen MR) is 99.2 cm³/mol. The number of fused-ring (bicyclic) bond motifs is 5. The van der Waals surface area contributed by atoms with Crippen molar-refractivity contribution in [3.63, 3.8) is 0 Å². The van der Waals surface area contributed by atoms with E-state index in [0.29, 0.717) is 12.0 Å². The Morgan fingerprint density at radius 1 is 1.25 bits per heavy atom. The van der Waals surface area contributed by atoms with Gasteiger partial charge < -0.3 is 4.74 Å². The molecule has 0 saturated heterocycles. The smallest absolute Gasteiger partial charge is 0.148 e. The Labute approximate surface area is 147 Å². The third-order valence-corrected chi connectivity index (χ3v) is 7.71. The van der Waals surface area contributed by atoms with Crippen LogP contribution in [0.4, 0.5) is 0 Å². The van der Waals surface area contributed by atoms with E-state index in [4.69, 9.17) is 11.2 Å². The zero-order valence-corrected chi connectivity index (χ0v) is 15.2. The van der Waals surface area contributed by atoms with Crippen molar-refractivity contribution in [1.82, 2.24) is 0 Å². The van der Waals surface area contributed by atoms with Crippen molar-refractivity contribution in [3.05, 3.63) is 29.3 Å². The van der Waals surface area contributed by atoms with Crippen molar-refractivity contribution >= 4 is 0 Å². The summed E-state index contributed by atoms with van der Waals surface area (Å²) in [6, 6.07) is 6.73. The number of terminal acetylenes is 1. The number of benzene rings is 1. The summed E-state index contributed by atoms with van der Waals surface area (Å²) in [7, 11) is 0. The average Bonchev–Trinajstić information content (AvgIpc) is 2.95. The molecule has 5 atom stereocenters. The fourth-order valence-electron chi connectivity index (χ4n) is 6.55. The molecule has 0 radical (unpaired) electrons. The Hall–Kier alpha value is -1.42. The molecule has 1 nitrogen and oxygen atoms in total. The Morgan fingerprint density at radius 2 is 2.12 bits per heavy atom. The van der Waals surface area contributed by atoms with Crippen LogP contribution in [0.3, 0.4) is 0 Å². The third kappa shape index (κ3) is 2.38. The SMILES string of the molecule is C#CCOc1ccc2c(c1)CC[C@@H]1[C@@H]2CC[C@]2(C)[C@@H](CC)CC[C@@H]12. The molecule has 3 aliphatic carbocycles. The molecule has 0 bridgehead atoms. The van der Waals surface area contributed by atoms with Gasteiger partial charge in [-0.05, 0) is 90.9 Å². The quantitative estimate of drug-likeness (QED) is 0.660. The number of hydrogen-bond acceptors (Lipinski definition) is 1. The third-order valence-electron chi connectivity index (χ3n) is 7.71. The van der Waals surface area contributed by atoms with Crippen LogP contribution in [0, 0.1) is 35.5 Å². The number of ether oxygens (including phenoxy) is 1. The molecule has 2 saturated carbocycles. The van der Waals surface area contributed by atoms with E-state index in [9.17, 15) is 0 Å². The summed E-state index contributed by atoms with van der Waals surface area (Å²) in [5.41, 5.74) is 3.74. The second-order valence-electron chi connectivity index (χ2n) is 8.50. The molecule has 0 spiro atoms. The molecule has 128 valence electrons.